The Morgan fingerprint density at radius 1 is 1.00 bits per heavy atom. The first-order valence-corrected chi connectivity index (χ1v) is 11.6. The van der Waals surface area contributed by atoms with Gasteiger partial charge in [0.2, 0.25) is 0 Å². The first-order valence-electron chi connectivity index (χ1n) is 11.6. The number of aromatic hydroxyl groups is 1. The lowest BCUT2D eigenvalue weighted by atomic mass is 9.90. The molecule has 4 N–H and O–H groups in total. The van der Waals surface area contributed by atoms with Crippen molar-refractivity contribution in [2.75, 3.05) is 5.32 Å². The molecule has 4 rings (SSSR count). The molecule has 7 nitrogen and oxygen atoms in total. The Kier molecular flexibility index (Phi) is 6.86. The van der Waals surface area contributed by atoms with E-state index in [0.29, 0.717) is 53.4 Å². The van der Waals surface area contributed by atoms with Gasteiger partial charge in [-0.05, 0) is 61.1 Å². The second kappa shape index (κ2) is 9.85. The van der Waals surface area contributed by atoms with Gasteiger partial charge in [-0.25, -0.2) is 13.6 Å². The highest BCUT2D eigenvalue weighted by Gasteiger charge is 2.25. The third-order valence-corrected chi connectivity index (χ3v) is 6.41. The Labute approximate surface area is 201 Å². The van der Waals surface area contributed by atoms with E-state index in [1.807, 2.05) is 0 Å². The van der Waals surface area contributed by atoms with E-state index in [1.54, 1.807) is 38.2 Å². The number of fused-ring (bicyclic) bond motifs is 1. The predicted octanol–water partition coefficient (Wildman–Crippen LogP) is 5.72. The van der Waals surface area contributed by atoms with Crippen molar-refractivity contribution in [1.29, 1.82) is 0 Å². The van der Waals surface area contributed by atoms with Gasteiger partial charge in [-0.3, -0.25) is 9.78 Å². The molecule has 1 saturated carbocycles. The van der Waals surface area contributed by atoms with Crippen LogP contribution in [-0.2, 0) is 0 Å². The standard InChI is InChI=1S/C26H27F2N3O4/c1-13(2)24(32)19-12-29-22-8-3-14(15-10-20(27)25(33)21(28)11-15)9-18(22)23(19)30-16-4-6-17(7-5-16)31-26(34)35/h3,8-13,16-17,31,33H,4-7H2,1-2H3,(H,29,30)(H,34,35)/t16-,17-. The summed E-state index contributed by atoms with van der Waals surface area (Å²) in [6, 6.07) is 7.14. The van der Waals surface area contributed by atoms with E-state index in [-0.39, 0.29) is 29.3 Å². The molecular formula is C26H27F2N3O4. The lowest BCUT2D eigenvalue weighted by Gasteiger charge is -2.30. The van der Waals surface area contributed by atoms with E-state index in [0.717, 1.165) is 12.1 Å². The number of hydrogen-bond acceptors (Lipinski definition) is 5. The second-order valence-electron chi connectivity index (χ2n) is 9.23. The molecule has 184 valence electrons. The molecule has 2 aromatic carbocycles. The maximum absolute atomic E-state index is 14.0. The number of rotatable bonds is 6. The lowest BCUT2D eigenvalue weighted by molar-refractivity contribution is 0.0939. The number of ketones is 1. The Morgan fingerprint density at radius 2 is 1.63 bits per heavy atom. The fraction of sp³-hybridized carbons (Fsp3) is 0.346. The number of aromatic nitrogens is 1. The number of carbonyl (C=O) groups excluding carboxylic acids is 1. The number of carbonyl (C=O) groups is 2. The first kappa shape index (κ1) is 24.4. The minimum atomic E-state index is -1.06. The highest BCUT2D eigenvalue weighted by atomic mass is 19.1. The number of phenols is 1. The van der Waals surface area contributed by atoms with Crippen molar-refractivity contribution >= 4 is 28.5 Å². The number of amides is 1. The number of hydrogen-bond donors (Lipinski definition) is 4. The summed E-state index contributed by atoms with van der Waals surface area (Å²) in [4.78, 5) is 28.4. The molecule has 0 aliphatic heterocycles. The zero-order valence-electron chi connectivity index (χ0n) is 19.4. The van der Waals surface area contributed by atoms with Gasteiger partial charge in [-0.1, -0.05) is 19.9 Å². The maximum Gasteiger partial charge on any atom is 0.404 e. The van der Waals surface area contributed by atoms with Crippen molar-refractivity contribution in [3.8, 4) is 16.9 Å². The van der Waals surface area contributed by atoms with Crippen LogP contribution in [0.4, 0.5) is 19.3 Å². The van der Waals surface area contributed by atoms with Crippen molar-refractivity contribution in [3.05, 3.63) is 53.7 Å². The van der Waals surface area contributed by atoms with Crippen molar-refractivity contribution in [3.63, 3.8) is 0 Å². The Morgan fingerprint density at radius 3 is 2.23 bits per heavy atom. The molecule has 0 bridgehead atoms. The highest BCUT2D eigenvalue weighted by molar-refractivity contribution is 6.09. The van der Waals surface area contributed by atoms with Gasteiger partial charge in [0, 0.05) is 29.6 Å². The summed E-state index contributed by atoms with van der Waals surface area (Å²) in [5, 5.41) is 25.1. The van der Waals surface area contributed by atoms with Crippen molar-refractivity contribution < 1.29 is 28.6 Å². The average molecular weight is 484 g/mol. The summed E-state index contributed by atoms with van der Waals surface area (Å²) in [6.07, 6.45) is 3.25. The minimum Gasteiger partial charge on any atom is -0.503 e. The minimum absolute atomic E-state index is 0.0124. The van der Waals surface area contributed by atoms with Gasteiger partial charge in [0.15, 0.2) is 23.2 Å². The quantitative estimate of drug-likeness (QED) is 0.334. The van der Waals surface area contributed by atoms with E-state index in [1.165, 1.54) is 0 Å². The Hall–Kier alpha value is -3.75. The van der Waals surface area contributed by atoms with Gasteiger partial charge in [-0.15, -0.1) is 0 Å². The molecule has 0 saturated heterocycles. The van der Waals surface area contributed by atoms with E-state index in [4.69, 9.17) is 5.11 Å². The molecule has 9 heteroatoms. The number of halogens is 2. The van der Waals surface area contributed by atoms with Gasteiger partial charge in [0.1, 0.15) is 0 Å². The zero-order valence-corrected chi connectivity index (χ0v) is 19.4. The van der Waals surface area contributed by atoms with E-state index in [2.05, 4.69) is 15.6 Å². The molecular weight excluding hydrogens is 456 g/mol. The van der Waals surface area contributed by atoms with Crippen LogP contribution in [-0.4, -0.2) is 39.2 Å². The number of nitrogens with zero attached hydrogens (tertiary/aromatic N) is 1. The lowest BCUT2D eigenvalue weighted by Crippen LogP contribution is -2.39. The van der Waals surface area contributed by atoms with Gasteiger partial charge in [0.25, 0.3) is 0 Å². The molecule has 1 fully saturated rings. The van der Waals surface area contributed by atoms with E-state index < -0.39 is 23.5 Å². The number of anilines is 1. The number of benzene rings is 2. The molecule has 0 unspecified atom stereocenters. The summed E-state index contributed by atoms with van der Waals surface area (Å²) in [6.45, 7) is 3.61. The molecule has 1 heterocycles. The van der Waals surface area contributed by atoms with Crippen LogP contribution in [0.15, 0.2) is 36.5 Å². The monoisotopic (exact) mass is 483 g/mol. The normalized spacial score (nSPS) is 18.0. The van der Waals surface area contributed by atoms with Gasteiger partial charge >= 0.3 is 6.09 Å². The SMILES string of the molecule is CC(C)C(=O)c1cnc2ccc(-c3cc(F)c(O)c(F)c3)cc2c1N[C@H]1CC[C@H](NC(=O)O)CC1. The van der Waals surface area contributed by atoms with Crippen LogP contribution >= 0.6 is 0 Å². The fourth-order valence-electron chi connectivity index (χ4n) is 4.52. The van der Waals surface area contributed by atoms with Gasteiger partial charge in [-0.2, -0.15) is 0 Å². The summed E-state index contributed by atoms with van der Waals surface area (Å²) < 4.78 is 28.0. The third kappa shape index (κ3) is 5.18. The topological polar surface area (TPSA) is 112 Å². The largest absolute Gasteiger partial charge is 0.503 e. The number of pyridine rings is 1. The molecule has 1 amide bonds. The summed E-state index contributed by atoms with van der Waals surface area (Å²) in [5.74, 6) is -3.51. The van der Waals surface area contributed by atoms with Crippen molar-refractivity contribution in [2.24, 2.45) is 5.92 Å². The fourth-order valence-corrected chi connectivity index (χ4v) is 4.52. The Bertz CT molecular complexity index is 1260. The predicted molar refractivity (Wildman–Crippen MR) is 129 cm³/mol. The maximum atomic E-state index is 14.0. The smallest absolute Gasteiger partial charge is 0.404 e. The van der Waals surface area contributed by atoms with E-state index in [9.17, 15) is 23.5 Å². The number of carboxylic acid groups (broad SMARTS) is 1. The molecule has 1 aromatic heterocycles. The van der Waals surface area contributed by atoms with Crippen LogP contribution in [0.2, 0.25) is 0 Å². The molecule has 3 aromatic rings. The molecule has 0 atom stereocenters. The zero-order chi connectivity index (χ0) is 25.3. The Balaban J connectivity index is 1.75. The van der Waals surface area contributed by atoms with Crippen molar-refractivity contribution in [2.45, 2.75) is 51.6 Å². The molecule has 1 aliphatic rings. The summed E-state index contributed by atoms with van der Waals surface area (Å²) in [7, 11) is 0. The molecule has 0 spiro atoms. The van der Waals surface area contributed by atoms with E-state index >= 15 is 0 Å². The average Bonchev–Trinajstić information content (AvgIpc) is 2.82. The third-order valence-electron chi connectivity index (χ3n) is 6.41. The van der Waals surface area contributed by atoms with Crippen LogP contribution in [0.5, 0.6) is 5.75 Å². The molecule has 35 heavy (non-hydrogen) atoms. The molecule has 1 aliphatic carbocycles. The summed E-state index contributed by atoms with van der Waals surface area (Å²) >= 11 is 0. The van der Waals surface area contributed by atoms with Crippen LogP contribution in [0.25, 0.3) is 22.0 Å². The number of nitrogens with one attached hydrogen (secondary N) is 2. The number of phenolic OH excluding ortho intramolecular Hbond substituents is 1. The van der Waals surface area contributed by atoms with Crippen LogP contribution in [0.1, 0.15) is 49.9 Å². The van der Waals surface area contributed by atoms with Gasteiger partial charge in [0.05, 0.1) is 16.8 Å². The van der Waals surface area contributed by atoms with Crippen LogP contribution in [0, 0.1) is 17.6 Å². The van der Waals surface area contributed by atoms with Gasteiger partial charge < -0.3 is 20.8 Å². The second-order valence-corrected chi connectivity index (χ2v) is 9.23. The summed E-state index contributed by atoms with van der Waals surface area (Å²) in [5.41, 5.74) is 2.39. The van der Waals surface area contributed by atoms with Crippen molar-refractivity contribution in [1.82, 2.24) is 10.3 Å². The van der Waals surface area contributed by atoms with Crippen LogP contribution in [0.3, 0.4) is 0 Å². The molecule has 0 radical (unpaired) electrons. The highest BCUT2D eigenvalue weighted by Crippen LogP contribution is 2.35. The number of Topliss-reactive ketones (excluding diaryl/α,β-unsaturated/α-hetero) is 1. The first-order chi connectivity index (χ1) is 16.6. The van der Waals surface area contributed by atoms with Crippen LogP contribution < -0.4 is 10.6 Å².